The van der Waals surface area contributed by atoms with Crippen LogP contribution in [0.3, 0.4) is 0 Å². The maximum Gasteiger partial charge on any atom is 0.282 e. The largest absolute Gasteiger partial charge is 0.496 e. The van der Waals surface area contributed by atoms with Gasteiger partial charge in [0.05, 0.1) is 18.4 Å². The van der Waals surface area contributed by atoms with Gasteiger partial charge in [-0.15, -0.1) is 0 Å². The highest BCUT2D eigenvalue weighted by molar-refractivity contribution is 6.45. The SMILES string of the molecule is COc1ccccc1C1=C(N2CCN(C)CC2)C(=O)N(c2ccc(N3CCCC3)cc2)C1=O. The summed E-state index contributed by atoms with van der Waals surface area (Å²) in [5, 5.41) is 0. The summed E-state index contributed by atoms with van der Waals surface area (Å²) in [6.45, 7) is 5.18. The van der Waals surface area contributed by atoms with Crippen molar-refractivity contribution in [1.29, 1.82) is 0 Å². The van der Waals surface area contributed by atoms with Gasteiger partial charge in [0, 0.05) is 50.5 Å². The molecule has 3 aliphatic heterocycles. The van der Waals surface area contributed by atoms with E-state index in [1.807, 2.05) is 48.5 Å². The molecule has 2 fully saturated rings. The number of imide groups is 1. The van der Waals surface area contributed by atoms with Gasteiger partial charge in [-0.3, -0.25) is 9.59 Å². The molecule has 2 amide bonds. The van der Waals surface area contributed by atoms with Crippen molar-refractivity contribution in [3.8, 4) is 5.75 Å². The molecule has 0 aromatic heterocycles. The van der Waals surface area contributed by atoms with Gasteiger partial charge in [-0.2, -0.15) is 0 Å². The number of piperazine rings is 1. The lowest BCUT2D eigenvalue weighted by Crippen LogP contribution is -2.46. The molecular formula is C26H30N4O3. The zero-order valence-electron chi connectivity index (χ0n) is 19.3. The number of benzene rings is 2. The van der Waals surface area contributed by atoms with Crippen molar-refractivity contribution in [3.63, 3.8) is 0 Å². The van der Waals surface area contributed by atoms with Gasteiger partial charge in [0.15, 0.2) is 0 Å². The van der Waals surface area contributed by atoms with Crippen LogP contribution >= 0.6 is 0 Å². The smallest absolute Gasteiger partial charge is 0.282 e. The molecule has 2 saturated heterocycles. The second-order valence-electron chi connectivity index (χ2n) is 8.87. The topological polar surface area (TPSA) is 56.3 Å². The number of nitrogens with zero attached hydrogens (tertiary/aromatic N) is 4. The van der Waals surface area contributed by atoms with Crippen LogP contribution < -0.4 is 14.5 Å². The molecular weight excluding hydrogens is 416 g/mol. The minimum atomic E-state index is -0.299. The van der Waals surface area contributed by atoms with Crippen LogP contribution in [0.1, 0.15) is 18.4 Å². The summed E-state index contributed by atoms with van der Waals surface area (Å²) in [7, 11) is 3.66. The molecule has 0 atom stereocenters. The van der Waals surface area contributed by atoms with E-state index < -0.39 is 0 Å². The summed E-state index contributed by atoms with van der Waals surface area (Å²) in [5.41, 5.74) is 3.28. The van der Waals surface area contributed by atoms with Crippen molar-refractivity contribution < 1.29 is 14.3 Å². The zero-order valence-corrected chi connectivity index (χ0v) is 19.3. The van der Waals surface area contributed by atoms with Crippen LogP contribution in [0.15, 0.2) is 54.2 Å². The minimum Gasteiger partial charge on any atom is -0.496 e. The van der Waals surface area contributed by atoms with E-state index >= 15 is 0 Å². The molecule has 2 aromatic carbocycles. The molecule has 3 aliphatic rings. The van der Waals surface area contributed by atoms with E-state index in [0.29, 0.717) is 41.4 Å². The number of likely N-dealkylation sites (N-methyl/N-ethyl adjacent to an activating group) is 1. The number of hydrogen-bond donors (Lipinski definition) is 0. The molecule has 0 spiro atoms. The summed E-state index contributed by atoms with van der Waals surface area (Å²) in [4.78, 5) is 35.5. The van der Waals surface area contributed by atoms with Crippen LogP contribution in [0, 0.1) is 0 Å². The predicted octanol–water partition coefficient (Wildman–Crippen LogP) is 2.83. The number of hydrogen-bond acceptors (Lipinski definition) is 6. The average Bonchev–Trinajstić information content (AvgIpc) is 3.46. The normalized spacial score (nSPS) is 19.8. The molecule has 172 valence electrons. The third kappa shape index (κ3) is 3.86. The second kappa shape index (κ2) is 8.90. The summed E-state index contributed by atoms with van der Waals surface area (Å²) < 4.78 is 5.56. The van der Waals surface area contributed by atoms with Gasteiger partial charge in [-0.25, -0.2) is 4.90 Å². The van der Waals surface area contributed by atoms with Crippen LogP contribution in [0.4, 0.5) is 11.4 Å². The molecule has 0 radical (unpaired) electrons. The Morgan fingerprint density at radius 2 is 1.36 bits per heavy atom. The molecule has 7 nitrogen and oxygen atoms in total. The quantitative estimate of drug-likeness (QED) is 0.659. The highest BCUT2D eigenvalue weighted by atomic mass is 16.5. The number of carbonyl (C=O) groups excluding carboxylic acids is 2. The van der Waals surface area contributed by atoms with Gasteiger partial charge in [-0.1, -0.05) is 18.2 Å². The van der Waals surface area contributed by atoms with E-state index in [0.717, 1.165) is 31.9 Å². The summed E-state index contributed by atoms with van der Waals surface area (Å²) in [5.74, 6) is 0.0261. The van der Waals surface area contributed by atoms with Crippen molar-refractivity contribution in [2.75, 3.05) is 63.2 Å². The van der Waals surface area contributed by atoms with Gasteiger partial charge >= 0.3 is 0 Å². The lowest BCUT2D eigenvalue weighted by atomic mass is 10.0. The van der Waals surface area contributed by atoms with Crippen LogP contribution in [-0.2, 0) is 9.59 Å². The lowest BCUT2D eigenvalue weighted by Gasteiger charge is -2.34. The van der Waals surface area contributed by atoms with Crippen molar-refractivity contribution in [2.45, 2.75) is 12.8 Å². The molecule has 5 rings (SSSR count). The number of amides is 2. The van der Waals surface area contributed by atoms with Gasteiger partial charge in [0.2, 0.25) is 0 Å². The van der Waals surface area contributed by atoms with Crippen molar-refractivity contribution in [3.05, 3.63) is 59.8 Å². The monoisotopic (exact) mass is 446 g/mol. The Bertz CT molecular complexity index is 1080. The Kier molecular flexibility index (Phi) is 5.81. The Balaban J connectivity index is 1.54. The van der Waals surface area contributed by atoms with Crippen molar-refractivity contribution in [2.24, 2.45) is 0 Å². The first-order chi connectivity index (χ1) is 16.1. The summed E-state index contributed by atoms with van der Waals surface area (Å²) >= 11 is 0. The average molecular weight is 447 g/mol. The van der Waals surface area contributed by atoms with Crippen molar-refractivity contribution >= 4 is 28.8 Å². The predicted molar refractivity (Wildman–Crippen MR) is 129 cm³/mol. The maximum atomic E-state index is 13.8. The van der Waals surface area contributed by atoms with Gasteiger partial charge in [0.25, 0.3) is 11.8 Å². The fraction of sp³-hybridized carbons (Fsp3) is 0.385. The molecule has 0 bridgehead atoms. The Hall–Kier alpha value is -3.32. The Morgan fingerprint density at radius 1 is 0.727 bits per heavy atom. The number of para-hydroxylation sites is 1. The Morgan fingerprint density at radius 3 is 2.03 bits per heavy atom. The van der Waals surface area contributed by atoms with Crippen LogP contribution in [0.25, 0.3) is 5.57 Å². The fourth-order valence-corrected chi connectivity index (χ4v) is 4.96. The van der Waals surface area contributed by atoms with E-state index in [-0.39, 0.29) is 11.8 Å². The molecule has 2 aromatic rings. The lowest BCUT2D eigenvalue weighted by molar-refractivity contribution is -0.120. The number of anilines is 2. The van der Waals surface area contributed by atoms with Gasteiger partial charge < -0.3 is 19.4 Å². The minimum absolute atomic E-state index is 0.264. The highest BCUT2D eigenvalue weighted by Crippen LogP contribution is 2.39. The molecule has 0 saturated carbocycles. The zero-order chi connectivity index (χ0) is 22.9. The van der Waals surface area contributed by atoms with E-state index in [2.05, 4.69) is 21.7 Å². The van der Waals surface area contributed by atoms with E-state index in [1.54, 1.807) is 7.11 Å². The number of methoxy groups -OCH3 is 1. The van der Waals surface area contributed by atoms with Gasteiger partial charge in [-0.05, 0) is 50.2 Å². The van der Waals surface area contributed by atoms with Crippen LogP contribution in [-0.4, -0.2) is 75.0 Å². The molecule has 0 N–H and O–H groups in total. The third-order valence-electron chi connectivity index (χ3n) is 6.83. The second-order valence-corrected chi connectivity index (χ2v) is 8.87. The third-order valence-corrected chi connectivity index (χ3v) is 6.83. The first-order valence-corrected chi connectivity index (χ1v) is 11.6. The molecule has 33 heavy (non-hydrogen) atoms. The number of ether oxygens (including phenoxy) is 1. The van der Waals surface area contributed by atoms with Crippen LogP contribution in [0.2, 0.25) is 0 Å². The van der Waals surface area contributed by atoms with Crippen LogP contribution in [0.5, 0.6) is 5.75 Å². The van der Waals surface area contributed by atoms with Gasteiger partial charge in [0.1, 0.15) is 11.4 Å². The summed E-state index contributed by atoms with van der Waals surface area (Å²) in [6, 6.07) is 15.2. The molecule has 0 aliphatic carbocycles. The fourth-order valence-electron chi connectivity index (χ4n) is 4.96. The first-order valence-electron chi connectivity index (χ1n) is 11.6. The number of carbonyl (C=O) groups is 2. The van der Waals surface area contributed by atoms with E-state index in [9.17, 15) is 9.59 Å². The van der Waals surface area contributed by atoms with E-state index in [4.69, 9.17) is 4.74 Å². The molecule has 7 heteroatoms. The standard InChI is InChI=1S/C26H30N4O3/c1-27-15-17-29(18-16-27)24-23(21-7-3-4-8-22(21)33-2)25(31)30(26(24)32)20-11-9-19(10-12-20)28-13-5-6-14-28/h3-4,7-12H,5-6,13-18H2,1-2H3. The molecule has 0 unspecified atom stereocenters. The van der Waals surface area contributed by atoms with E-state index in [1.165, 1.54) is 17.7 Å². The Labute approximate surface area is 194 Å². The summed E-state index contributed by atoms with van der Waals surface area (Å²) in [6.07, 6.45) is 2.40. The highest BCUT2D eigenvalue weighted by Gasteiger charge is 2.43. The molecule has 3 heterocycles. The first kappa shape index (κ1) is 21.5. The maximum absolute atomic E-state index is 13.8. The van der Waals surface area contributed by atoms with Crippen molar-refractivity contribution in [1.82, 2.24) is 9.80 Å². The number of rotatable bonds is 5.